The molecule has 60 valence electrons. The van der Waals surface area contributed by atoms with E-state index in [1.54, 1.807) is 24.3 Å². The van der Waals surface area contributed by atoms with Gasteiger partial charge in [-0.2, -0.15) is 0 Å². The van der Waals surface area contributed by atoms with Crippen LogP contribution in [-0.4, -0.2) is 0 Å². The van der Waals surface area contributed by atoms with Crippen LogP contribution in [0, 0.1) is 0 Å². The van der Waals surface area contributed by atoms with Crippen LogP contribution in [0.4, 0.5) is 0 Å². The molecule has 3 nitrogen and oxygen atoms in total. The topological polar surface area (TPSA) is 53.3 Å². The first-order chi connectivity index (χ1) is 5.77. The molecule has 0 saturated heterocycles. The summed E-state index contributed by atoms with van der Waals surface area (Å²) >= 11 is 0. The van der Waals surface area contributed by atoms with E-state index in [4.69, 9.17) is 4.42 Å². The van der Waals surface area contributed by atoms with E-state index in [0.29, 0.717) is 11.0 Å². The number of hydrogen-bond acceptors (Lipinski definition) is 3. The Hall–Kier alpha value is -0.770. The second-order valence-corrected chi connectivity index (χ2v) is 2.43. The average Bonchev–Trinajstić information content (AvgIpc) is 2.04. The van der Waals surface area contributed by atoms with Crippen LogP contribution < -0.4 is 40.3 Å². The third kappa shape index (κ3) is 1.94. The van der Waals surface area contributed by atoms with Crippen molar-refractivity contribution in [3.63, 3.8) is 0 Å². The summed E-state index contributed by atoms with van der Waals surface area (Å²) in [6.07, 6.45) is 0. The van der Waals surface area contributed by atoms with Crippen LogP contribution in [0.25, 0.3) is 11.0 Å². The van der Waals surface area contributed by atoms with E-state index < -0.39 is 5.63 Å². The van der Waals surface area contributed by atoms with E-state index in [-0.39, 0.29) is 35.3 Å². The van der Waals surface area contributed by atoms with Crippen molar-refractivity contribution in [1.82, 2.24) is 0 Å². The number of para-hydroxylation sites is 1. The Labute approximate surface area is 96.3 Å². The quantitative estimate of drug-likeness (QED) is 0.347. The van der Waals surface area contributed by atoms with Crippen molar-refractivity contribution in [2.24, 2.45) is 0 Å². The Bertz CT molecular complexity index is 475. The molecule has 0 radical (unpaired) electrons. The van der Waals surface area contributed by atoms with Gasteiger partial charge >= 0.3 is 35.2 Å². The van der Waals surface area contributed by atoms with E-state index in [0.717, 1.165) is 6.07 Å². The molecule has 0 saturated carbocycles. The van der Waals surface area contributed by atoms with Crippen LogP contribution in [0.2, 0.25) is 0 Å². The summed E-state index contributed by atoms with van der Waals surface area (Å²) in [5.74, 6) is -0.290. The maximum absolute atomic E-state index is 11.1. The Morgan fingerprint density at radius 1 is 1.23 bits per heavy atom. The zero-order valence-corrected chi connectivity index (χ0v) is 9.11. The van der Waals surface area contributed by atoms with Gasteiger partial charge in [0, 0.05) is 11.5 Å². The Kier molecular flexibility index (Phi) is 3.14. The molecule has 1 aromatic heterocycles. The van der Waals surface area contributed by atoms with E-state index in [1.165, 1.54) is 0 Å². The van der Waals surface area contributed by atoms with Gasteiger partial charge in [-0.3, -0.25) is 0 Å². The van der Waals surface area contributed by atoms with Crippen molar-refractivity contribution in [1.29, 1.82) is 0 Å². The second kappa shape index (κ2) is 3.96. The van der Waals surface area contributed by atoms with Crippen LogP contribution in [0.1, 0.15) is 0 Å². The van der Waals surface area contributed by atoms with Gasteiger partial charge in [0.25, 0.3) is 0 Å². The predicted octanol–water partition coefficient (Wildman–Crippen LogP) is -2.13. The molecule has 0 unspecified atom stereocenters. The van der Waals surface area contributed by atoms with Gasteiger partial charge in [-0.25, -0.2) is 4.79 Å². The van der Waals surface area contributed by atoms with Gasteiger partial charge in [0.2, 0.25) is 0 Å². The van der Waals surface area contributed by atoms with Crippen LogP contribution in [-0.2, 0) is 0 Å². The van der Waals surface area contributed by atoms with Crippen LogP contribution in [0.5, 0.6) is 5.75 Å². The zero-order chi connectivity index (χ0) is 8.55. The molecular weight excluding hydrogens is 179 g/mol. The summed E-state index contributed by atoms with van der Waals surface area (Å²) in [6.45, 7) is 0. The van der Waals surface area contributed by atoms with Crippen molar-refractivity contribution in [2.45, 2.75) is 0 Å². The first-order valence-corrected chi connectivity index (χ1v) is 3.47. The normalized spacial score (nSPS) is 9.54. The summed E-state index contributed by atoms with van der Waals surface area (Å²) in [7, 11) is 0. The van der Waals surface area contributed by atoms with E-state index in [2.05, 4.69) is 0 Å². The molecule has 0 bridgehead atoms. The first-order valence-electron chi connectivity index (χ1n) is 3.47. The van der Waals surface area contributed by atoms with Crippen LogP contribution in [0.3, 0.4) is 0 Å². The van der Waals surface area contributed by atoms with E-state index in [1.807, 2.05) is 0 Å². The molecule has 0 N–H and O–H groups in total. The van der Waals surface area contributed by atoms with Gasteiger partial charge in [0.05, 0.1) is 0 Å². The second-order valence-electron chi connectivity index (χ2n) is 2.43. The largest absolute Gasteiger partial charge is 1.00 e. The minimum absolute atomic E-state index is 0. The third-order valence-corrected chi connectivity index (χ3v) is 1.61. The molecule has 1 heterocycles. The maximum atomic E-state index is 11.1. The van der Waals surface area contributed by atoms with Crippen molar-refractivity contribution in [3.05, 3.63) is 40.8 Å². The van der Waals surface area contributed by atoms with Crippen LogP contribution >= 0.6 is 0 Å². The molecule has 2 rings (SSSR count). The Balaban J connectivity index is 0.000000845. The van der Waals surface area contributed by atoms with E-state index >= 15 is 0 Å². The molecular formula is C9H5NaO3. The molecule has 0 amide bonds. The molecule has 0 aliphatic carbocycles. The summed E-state index contributed by atoms with van der Waals surface area (Å²) in [4.78, 5) is 10.7. The fourth-order valence-electron chi connectivity index (χ4n) is 1.08. The molecule has 0 atom stereocenters. The minimum Gasteiger partial charge on any atom is -0.872 e. The first kappa shape index (κ1) is 10.3. The van der Waals surface area contributed by atoms with Crippen molar-refractivity contribution >= 4 is 11.0 Å². The fourth-order valence-corrected chi connectivity index (χ4v) is 1.08. The van der Waals surface area contributed by atoms with Gasteiger partial charge in [0.15, 0.2) is 0 Å². The summed E-state index contributed by atoms with van der Waals surface area (Å²) in [6, 6.07) is 7.61. The third-order valence-electron chi connectivity index (χ3n) is 1.61. The summed E-state index contributed by atoms with van der Waals surface area (Å²) in [5, 5.41) is 11.6. The van der Waals surface area contributed by atoms with Crippen molar-refractivity contribution in [2.75, 3.05) is 0 Å². The van der Waals surface area contributed by atoms with Gasteiger partial charge in [0.1, 0.15) is 5.58 Å². The van der Waals surface area contributed by atoms with Crippen molar-refractivity contribution < 1.29 is 39.1 Å². The van der Waals surface area contributed by atoms with Crippen molar-refractivity contribution in [3.8, 4) is 5.75 Å². The fraction of sp³-hybridized carbons (Fsp3) is 0. The number of benzene rings is 1. The predicted molar refractivity (Wildman–Crippen MR) is 41.9 cm³/mol. The molecule has 0 aliphatic rings. The summed E-state index contributed by atoms with van der Waals surface area (Å²) < 4.78 is 4.79. The average molecular weight is 184 g/mol. The van der Waals surface area contributed by atoms with Gasteiger partial charge in [-0.05, 0) is 6.07 Å². The number of fused-ring (bicyclic) bond motifs is 1. The van der Waals surface area contributed by atoms with Gasteiger partial charge in [-0.1, -0.05) is 23.9 Å². The Morgan fingerprint density at radius 3 is 2.69 bits per heavy atom. The van der Waals surface area contributed by atoms with Gasteiger partial charge in [-0.15, -0.1) is 0 Å². The summed E-state index contributed by atoms with van der Waals surface area (Å²) in [5.41, 5.74) is -0.256. The molecule has 0 spiro atoms. The molecule has 2 aromatic rings. The van der Waals surface area contributed by atoms with Crippen LogP contribution in [0.15, 0.2) is 39.5 Å². The smallest absolute Gasteiger partial charge is 0.872 e. The monoisotopic (exact) mass is 184 g/mol. The number of hydrogen-bond donors (Lipinski definition) is 0. The Morgan fingerprint density at radius 2 is 1.92 bits per heavy atom. The standard InChI is InChI=1S/C9H6O3.Na/c10-7-5-9(11)12-8-4-2-1-3-6(7)8;/h1-5,10H;/q;+1/p-1. The molecule has 0 aliphatic heterocycles. The SMILES string of the molecule is O=c1cc([O-])c2ccccc2o1.[Na+]. The minimum atomic E-state index is -0.598. The number of rotatable bonds is 0. The zero-order valence-electron chi connectivity index (χ0n) is 7.11. The van der Waals surface area contributed by atoms with E-state index in [9.17, 15) is 9.90 Å². The maximum Gasteiger partial charge on any atom is 1.00 e. The molecule has 4 heteroatoms. The molecule has 13 heavy (non-hydrogen) atoms. The molecule has 1 aromatic carbocycles. The molecule has 0 fully saturated rings. The van der Waals surface area contributed by atoms with Gasteiger partial charge < -0.3 is 9.52 Å².